The Balaban J connectivity index is 2.33. The number of halogens is 1. The Morgan fingerprint density at radius 1 is 1.43 bits per heavy atom. The highest BCUT2D eigenvalue weighted by atomic mass is 79.9. The van der Waals surface area contributed by atoms with Gasteiger partial charge in [0.1, 0.15) is 0 Å². The third kappa shape index (κ3) is 1.93. The first-order valence-electron chi connectivity index (χ1n) is 4.22. The van der Waals surface area contributed by atoms with E-state index in [2.05, 4.69) is 39.7 Å². The van der Waals surface area contributed by atoms with Crippen LogP contribution in [-0.4, -0.2) is 0 Å². The third-order valence-corrected chi connectivity index (χ3v) is 5.07. The molecule has 4 heteroatoms. The lowest BCUT2D eigenvalue weighted by Crippen LogP contribution is -2.08. The summed E-state index contributed by atoms with van der Waals surface area (Å²) in [6.45, 7) is 2.09. The van der Waals surface area contributed by atoms with Crippen molar-refractivity contribution in [3.8, 4) is 0 Å². The third-order valence-electron chi connectivity index (χ3n) is 1.98. The number of thiophene rings is 2. The molecule has 0 amide bonds. The summed E-state index contributed by atoms with van der Waals surface area (Å²) < 4.78 is 1.11. The average molecular weight is 288 g/mol. The summed E-state index contributed by atoms with van der Waals surface area (Å²) in [5.74, 6) is 0. The molecule has 2 aromatic heterocycles. The van der Waals surface area contributed by atoms with Crippen molar-refractivity contribution < 1.29 is 0 Å². The van der Waals surface area contributed by atoms with E-state index in [1.165, 1.54) is 15.3 Å². The molecule has 2 rings (SSSR count). The molecule has 1 nitrogen and oxygen atoms in total. The Labute approximate surface area is 99.7 Å². The maximum absolute atomic E-state index is 6.17. The van der Waals surface area contributed by atoms with Crippen LogP contribution in [0.1, 0.15) is 21.4 Å². The van der Waals surface area contributed by atoms with Crippen LogP contribution in [0.15, 0.2) is 27.4 Å². The van der Waals surface area contributed by atoms with Gasteiger partial charge < -0.3 is 5.73 Å². The maximum Gasteiger partial charge on any atom is 0.0751 e. The fraction of sp³-hybridized carbons (Fsp3) is 0.200. The first-order valence-corrected chi connectivity index (χ1v) is 6.77. The van der Waals surface area contributed by atoms with Crippen molar-refractivity contribution in [1.29, 1.82) is 0 Å². The van der Waals surface area contributed by atoms with E-state index in [1.54, 1.807) is 22.7 Å². The van der Waals surface area contributed by atoms with E-state index in [-0.39, 0.29) is 6.04 Å². The van der Waals surface area contributed by atoms with E-state index >= 15 is 0 Å². The molecule has 0 aromatic carbocycles. The molecule has 0 bridgehead atoms. The van der Waals surface area contributed by atoms with Gasteiger partial charge in [0.2, 0.25) is 0 Å². The zero-order valence-electron chi connectivity index (χ0n) is 7.66. The van der Waals surface area contributed by atoms with Gasteiger partial charge in [0.15, 0.2) is 0 Å². The van der Waals surface area contributed by atoms with Crippen LogP contribution in [0.2, 0.25) is 0 Å². The number of hydrogen-bond acceptors (Lipinski definition) is 3. The van der Waals surface area contributed by atoms with Crippen LogP contribution >= 0.6 is 38.6 Å². The van der Waals surface area contributed by atoms with Crippen LogP contribution in [0.25, 0.3) is 0 Å². The van der Waals surface area contributed by atoms with Gasteiger partial charge in [-0.1, -0.05) is 0 Å². The quantitative estimate of drug-likeness (QED) is 0.890. The van der Waals surface area contributed by atoms with Crippen LogP contribution in [0.4, 0.5) is 0 Å². The van der Waals surface area contributed by atoms with Crippen molar-refractivity contribution in [3.05, 3.63) is 42.7 Å². The van der Waals surface area contributed by atoms with Crippen LogP contribution in [0, 0.1) is 6.92 Å². The van der Waals surface area contributed by atoms with Crippen molar-refractivity contribution in [3.63, 3.8) is 0 Å². The molecular weight excluding hydrogens is 278 g/mol. The van der Waals surface area contributed by atoms with Gasteiger partial charge in [-0.05, 0) is 51.3 Å². The van der Waals surface area contributed by atoms with Gasteiger partial charge in [-0.15, -0.1) is 22.7 Å². The zero-order valence-corrected chi connectivity index (χ0v) is 10.9. The molecule has 2 N–H and O–H groups in total. The van der Waals surface area contributed by atoms with E-state index in [4.69, 9.17) is 5.73 Å². The summed E-state index contributed by atoms with van der Waals surface area (Å²) in [6.07, 6.45) is 0. The summed E-state index contributed by atoms with van der Waals surface area (Å²) in [5.41, 5.74) is 7.45. The number of rotatable bonds is 2. The second kappa shape index (κ2) is 4.14. The largest absolute Gasteiger partial charge is 0.319 e. The average Bonchev–Trinajstić information content (AvgIpc) is 2.73. The number of nitrogens with two attached hydrogens (primary N) is 1. The second-order valence-electron chi connectivity index (χ2n) is 3.14. The van der Waals surface area contributed by atoms with Crippen molar-refractivity contribution in [2.45, 2.75) is 13.0 Å². The molecule has 2 heterocycles. The van der Waals surface area contributed by atoms with Crippen molar-refractivity contribution in [2.24, 2.45) is 5.73 Å². The molecule has 0 aliphatic rings. The maximum atomic E-state index is 6.17. The van der Waals surface area contributed by atoms with Crippen LogP contribution in [0.5, 0.6) is 0 Å². The zero-order chi connectivity index (χ0) is 10.1. The van der Waals surface area contributed by atoms with Gasteiger partial charge in [0.05, 0.1) is 6.04 Å². The smallest absolute Gasteiger partial charge is 0.0751 e. The fourth-order valence-electron chi connectivity index (χ4n) is 1.27. The Kier molecular flexibility index (Phi) is 3.07. The Morgan fingerprint density at radius 3 is 2.71 bits per heavy atom. The van der Waals surface area contributed by atoms with E-state index in [0.717, 1.165) is 4.47 Å². The molecule has 0 saturated carbocycles. The van der Waals surface area contributed by atoms with E-state index < -0.39 is 0 Å². The van der Waals surface area contributed by atoms with Crippen molar-refractivity contribution in [1.82, 2.24) is 0 Å². The number of hydrogen-bond donors (Lipinski definition) is 1. The summed E-state index contributed by atoms with van der Waals surface area (Å²) in [5, 5.41) is 4.19. The van der Waals surface area contributed by atoms with Gasteiger partial charge in [-0.25, -0.2) is 0 Å². The molecule has 1 unspecified atom stereocenters. The lowest BCUT2D eigenvalue weighted by atomic mass is 10.2. The minimum absolute atomic E-state index is 0.0167. The van der Waals surface area contributed by atoms with Crippen molar-refractivity contribution in [2.75, 3.05) is 0 Å². The Hall–Kier alpha value is -0.160. The molecule has 14 heavy (non-hydrogen) atoms. The molecule has 0 radical (unpaired) electrons. The minimum atomic E-state index is 0.0167. The van der Waals surface area contributed by atoms with Gasteiger partial charge >= 0.3 is 0 Å². The topological polar surface area (TPSA) is 26.0 Å². The summed E-state index contributed by atoms with van der Waals surface area (Å²) in [6, 6.07) is 4.21. The molecule has 2 aromatic rings. The Bertz CT molecular complexity index is 433. The molecule has 0 aliphatic carbocycles. The highest BCUT2D eigenvalue weighted by Gasteiger charge is 2.14. The standard InChI is InChI=1S/C10H10BrNS2/c1-6-4-8(14-5-6)9(12)10-7(11)2-3-13-10/h2-5,9H,12H2,1H3. The van der Waals surface area contributed by atoms with Crippen LogP contribution in [0.3, 0.4) is 0 Å². The van der Waals surface area contributed by atoms with Crippen molar-refractivity contribution >= 4 is 38.6 Å². The van der Waals surface area contributed by atoms with Gasteiger partial charge in [0, 0.05) is 14.2 Å². The fourth-order valence-corrected chi connectivity index (χ4v) is 3.90. The molecule has 0 fully saturated rings. The van der Waals surface area contributed by atoms with Gasteiger partial charge in [-0.2, -0.15) is 0 Å². The van der Waals surface area contributed by atoms with Crippen LogP contribution < -0.4 is 5.73 Å². The second-order valence-corrected chi connectivity index (χ2v) is 5.88. The molecule has 0 saturated heterocycles. The Morgan fingerprint density at radius 2 is 2.21 bits per heavy atom. The SMILES string of the molecule is Cc1csc(C(N)c2sccc2Br)c1. The first-order chi connectivity index (χ1) is 6.68. The van der Waals surface area contributed by atoms with Gasteiger partial charge in [0.25, 0.3) is 0 Å². The van der Waals surface area contributed by atoms with Gasteiger partial charge in [-0.3, -0.25) is 0 Å². The summed E-state index contributed by atoms with van der Waals surface area (Å²) in [7, 11) is 0. The molecule has 74 valence electrons. The van der Waals surface area contributed by atoms with Crippen LogP contribution in [-0.2, 0) is 0 Å². The number of aryl methyl sites for hydroxylation is 1. The lowest BCUT2D eigenvalue weighted by Gasteiger charge is -2.07. The lowest BCUT2D eigenvalue weighted by molar-refractivity contribution is 0.911. The van der Waals surface area contributed by atoms with E-state index in [0.29, 0.717) is 0 Å². The minimum Gasteiger partial charge on any atom is -0.319 e. The monoisotopic (exact) mass is 287 g/mol. The van der Waals surface area contributed by atoms with E-state index in [9.17, 15) is 0 Å². The highest BCUT2D eigenvalue weighted by Crippen LogP contribution is 2.33. The predicted octanol–water partition coefficient (Wildman–Crippen LogP) is 3.93. The van der Waals surface area contributed by atoms with E-state index in [1.807, 2.05) is 6.07 Å². The molecule has 0 spiro atoms. The molecular formula is C10H10BrNS2. The summed E-state index contributed by atoms with van der Waals surface area (Å²) in [4.78, 5) is 2.43. The highest BCUT2D eigenvalue weighted by molar-refractivity contribution is 9.10. The normalized spacial score (nSPS) is 13.1. The predicted molar refractivity (Wildman–Crippen MR) is 67.1 cm³/mol. The summed E-state index contributed by atoms with van der Waals surface area (Å²) >= 11 is 6.93. The molecule has 1 atom stereocenters. The first kappa shape index (κ1) is 10.4. The molecule has 0 aliphatic heterocycles.